The molecule has 0 aromatic rings. The highest BCUT2D eigenvalue weighted by Gasteiger charge is 2.33. The molecule has 0 aromatic heterocycles. The molecule has 1 unspecified atom stereocenters. The van der Waals surface area contributed by atoms with Crippen LogP contribution in [0.4, 0.5) is 0 Å². The highest BCUT2D eigenvalue weighted by atomic mass is 32.2. The third-order valence-electron chi connectivity index (χ3n) is 2.04. The van der Waals surface area contributed by atoms with Gasteiger partial charge in [-0.25, -0.2) is 4.79 Å². The van der Waals surface area contributed by atoms with Crippen molar-refractivity contribution in [1.82, 2.24) is 0 Å². The van der Waals surface area contributed by atoms with Crippen molar-refractivity contribution < 1.29 is 9.90 Å². The van der Waals surface area contributed by atoms with Crippen LogP contribution in [0.5, 0.6) is 0 Å². The number of thiol groups is 1. The maximum absolute atomic E-state index is 11.0. The van der Waals surface area contributed by atoms with E-state index >= 15 is 0 Å². The molecule has 0 aliphatic rings. The van der Waals surface area contributed by atoms with Gasteiger partial charge in [0.05, 0.1) is 0 Å². The normalized spacial score (nSPS) is 15.1. The lowest BCUT2D eigenvalue weighted by Crippen LogP contribution is -2.29. The topological polar surface area (TPSA) is 37.3 Å². The van der Waals surface area contributed by atoms with E-state index in [1.54, 1.807) is 0 Å². The molecule has 4 heteroatoms. The van der Waals surface area contributed by atoms with Gasteiger partial charge in [-0.2, -0.15) is 12.6 Å². The summed E-state index contributed by atoms with van der Waals surface area (Å²) in [5, 5.41) is 9.06. The van der Waals surface area contributed by atoms with Gasteiger partial charge in [0.1, 0.15) is 0 Å². The first kappa shape index (κ1) is 14.2. The van der Waals surface area contributed by atoms with E-state index in [1.165, 1.54) is 11.8 Å². The molecule has 0 spiro atoms. The summed E-state index contributed by atoms with van der Waals surface area (Å²) in [6.07, 6.45) is 4.76. The molecular weight excluding hydrogens is 216 g/mol. The lowest BCUT2D eigenvalue weighted by Gasteiger charge is -2.22. The van der Waals surface area contributed by atoms with Crippen molar-refractivity contribution in [2.24, 2.45) is 0 Å². The molecule has 0 saturated carbocycles. The van der Waals surface area contributed by atoms with Crippen LogP contribution in [0, 0.1) is 0 Å². The molecule has 84 valence electrons. The van der Waals surface area contributed by atoms with E-state index in [2.05, 4.69) is 26.5 Å². The van der Waals surface area contributed by atoms with Crippen molar-refractivity contribution >= 4 is 30.4 Å². The highest BCUT2D eigenvalue weighted by molar-refractivity contribution is 8.12. The molecule has 0 aromatic carbocycles. The minimum absolute atomic E-state index is 0.649. The number of hydrogen-bond donors (Lipinski definition) is 2. The molecule has 0 bridgehead atoms. The van der Waals surface area contributed by atoms with Crippen LogP contribution in [-0.2, 0) is 4.79 Å². The van der Waals surface area contributed by atoms with Gasteiger partial charge >= 0.3 is 5.97 Å². The number of carboxylic acids is 1. The van der Waals surface area contributed by atoms with Crippen LogP contribution in [-0.4, -0.2) is 20.9 Å². The Kier molecular flexibility index (Phi) is 7.55. The fraction of sp³-hybridized carbons (Fsp3) is 0.900. The zero-order valence-electron chi connectivity index (χ0n) is 8.95. The Morgan fingerprint density at radius 2 is 1.93 bits per heavy atom. The summed E-state index contributed by atoms with van der Waals surface area (Å²) < 4.78 is -0.870. The van der Waals surface area contributed by atoms with Crippen LogP contribution in [0.3, 0.4) is 0 Å². The molecule has 0 radical (unpaired) electrons. The molecule has 0 rings (SSSR count). The van der Waals surface area contributed by atoms with Gasteiger partial charge in [0.2, 0.25) is 0 Å². The number of aliphatic carboxylic acids is 1. The van der Waals surface area contributed by atoms with E-state index in [4.69, 9.17) is 5.11 Å². The second kappa shape index (κ2) is 7.46. The van der Waals surface area contributed by atoms with Crippen molar-refractivity contribution in [3.8, 4) is 0 Å². The summed E-state index contributed by atoms with van der Waals surface area (Å²) in [5.41, 5.74) is 0. The molecule has 0 heterocycles. The maximum atomic E-state index is 11.0. The minimum Gasteiger partial charge on any atom is -0.480 e. The molecule has 0 amide bonds. The zero-order valence-corrected chi connectivity index (χ0v) is 10.7. The first-order chi connectivity index (χ1) is 6.56. The Morgan fingerprint density at radius 3 is 2.36 bits per heavy atom. The predicted molar refractivity (Wildman–Crippen MR) is 66.2 cm³/mol. The summed E-state index contributed by atoms with van der Waals surface area (Å²) in [5.74, 6) is 0.0890. The Bertz CT molecular complexity index is 174. The highest BCUT2D eigenvalue weighted by Crippen LogP contribution is 2.35. The summed E-state index contributed by atoms with van der Waals surface area (Å²) in [7, 11) is 0. The standard InChI is InChI=1S/C10H20O2S2/c1-3-5-7-10(13,9(11)12)14-8-6-4-2/h13H,3-8H2,1-2H3,(H,11,12). The van der Waals surface area contributed by atoms with Crippen LogP contribution in [0.2, 0.25) is 0 Å². The molecule has 2 nitrogen and oxygen atoms in total. The number of carboxylic acid groups (broad SMARTS) is 1. The zero-order chi connectivity index (χ0) is 11.0. The van der Waals surface area contributed by atoms with Gasteiger partial charge in [0, 0.05) is 0 Å². The summed E-state index contributed by atoms with van der Waals surface area (Å²) in [4.78, 5) is 11.0. The lowest BCUT2D eigenvalue weighted by atomic mass is 10.2. The number of hydrogen-bond acceptors (Lipinski definition) is 3. The molecule has 1 atom stereocenters. The van der Waals surface area contributed by atoms with Crippen LogP contribution in [0.1, 0.15) is 46.0 Å². The summed E-state index contributed by atoms with van der Waals surface area (Å²) in [6, 6.07) is 0. The third-order valence-corrected chi connectivity index (χ3v) is 4.19. The first-order valence-electron chi connectivity index (χ1n) is 5.16. The average molecular weight is 236 g/mol. The second-order valence-electron chi connectivity index (χ2n) is 3.40. The van der Waals surface area contributed by atoms with Crippen molar-refractivity contribution in [1.29, 1.82) is 0 Å². The maximum Gasteiger partial charge on any atom is 0.329 e. The van der Waals surface area contributed by atoms with E-state index in [0.29, 0.717) is 6.42 Å². The number of carbonyl (C=O) groups is 1. The molecular formula is C10H20O2S2. The van der Waals surface area contributed by atoms with Crippen LogP contribution < -0.4 is 0 Å². The molecule has 0 aliphatic heterocycles. The fourth-order valence-electron chi connectivity index (χ4n) is 1.04. The monoisotopic (exact) mass is 236 g/mol. The van der Waals surface area contributed by atoms with Crippen LogP contribution in [0.15, 0.2) is 0 Å². The van der Waals surface area contributed by atoms with Gasteiger partial charge in [-0.3, -0.25) is 0 Å². The molecule has 0 saturated heterocycles. The Balaban J connectivity index is 4.03. The van der Waals surface area contributed by atoms with Gasteiger partial charge in [0.15, 0.2) is 4.08 Å². The van der Waals surface area contributed by atoms with E-state index in [9.17, 15) is 4.79 Å². The van der Waals surface area contributed by atoms with Crippen molar-refractivity contribution in [2.75, 3.05) is 5.75 Å². The lowest BCUT2D eigenvalue weighted by molar-refractivity contribution is -0.137. The SMILES string of the molecule is CCCCSC(S)(CCCC)C(=O)O. The predicted octanol–water partition coefficient (Wildman–Crippen LogP) is 3.42. The number of rotatable bonds is 8. The first-order valence-corrected chi connectivity index (χ1v) is 6.59. The number of thioether (sulfide) groups is 1. The quantitative estimate of drug-likeness (QED) is 0.385. The Morgan fingerprint density at radius 1 is 1.36 bits per heavy atom. The van der Waals surface area contributed by atoms with Crippen LogP contribution in [0.25, 0.3) is 0 Å². The summed E-state index contributed by atoms with van der Waals surface area (Å²) >= 11 is 5.75. The van der Waals surface area contributed by atoms with E-state index in [-0.39, 0.29) is 0 Å². The Labute approximate surface area is 96.3 Å². The van der Waals surface area contributed by atoms with Gasteiger partial charge in [-0.15, -0.1) is 11.8 Å². The van der Waals surface area contributed by atoms with E-state index < -0.39 is 10.0 Å². The van der Waals surface area contributed by atoms with Gasteiger partial charge in [-0.05, 0) is 18.6 Å². The molecule has 14 heavy (non-hydrogen) atoms. The van der Waals surface area contributed by atoms with Crippen molar-refractivity contribution in [3.63, 3.8) is 0 Å². The van der Waals surface area contributed by atoms with Gasteiger partial charge in [0.25, 0.3) is 0 Å². The Hall–Kier alpha value is 0.170. The largest absolute Gasteiger partial charge is 0.480 e. The van der Waals surface area contributed by atoms with Crippen LogP contribution >= 0.6 is 24.4 Å². The fourth-order valence-corrected chi connectivity index (χ4v) is 2.66. The molecule has 0 fully saturated rings. The minimum atomic E-state index is -0.870. The van der Waals surface area contributed by atoms with Crippen molar-refractivity contribution in [2.45, 2.75) is 50.0 Å². The molecule has 0 aliphatic carbocycles. The third kappa shape index (κ3) is 5.15. The average Bonchev–Trinajstić information content (AvgIpc) is 2.15. The van der Waals surface area contributed by atoms with Crippen molar-refractivity contribution in [3.05, 3.63) is 0 Å². The van der Waals surface area contributed by atoms with Gasteiger partial charge < -0.3 is 5.11 Å². The van der Waals surface area contributed by atoms with E-state index in [0.717, 1.165) is 31.4 Å². The second-order valence-corrected chi connectivity index (χ2v) is 5.85. The smallest absolute Gasteiger partial charge is 0.329 e. The van der Waals surface area contributed by atoms with Gasteiger partial charge in [-0.1, -0.05) is 33.1 Å². The molecule has 1 N–H and O–H groups in total. The van der Waals surface area contributed by atoms with E-state index in [1.807, 2.05) is 0 Å². The summed E-state index contributed by atoms with van der Waals surface area (Å²) in [6.45, 7) is 4.17. The number of unbranched alkanes of at least 4 members (excludes halogenated alkanes) is 2.